The molecule has 0 saturated carbocycles. The Bertz CT molecular complexity index is 222. The lowest BCUT2D eigenvalue weighted by molar-refractivity contribution is 0.146. The fourth-order valence-electron chi connectivity index (χ4n) is 1.56. The molecule has 0 atom stereocenters. The van der Waals surface area contributed by atoms with E-state index in [2.05, 4.69) is 31.1 Å². The summed E-state index contributed by atoms with van der Waals surface area (Å²) in [5.41, 5.74) is 6.18. The fourth-order valence-corrected chi connectivity index (χ4v) is 1.56. The third-order valence-corrected chi connectivity index (χ3v) is 2.59. The van der Waals surface area contributed by atoms with E-state index in [0.29, 0.717) is 11.4 Å². The molecular weight excluding hydrogens is 226 g/mol. The molecule has 0 fully saturated rings. The number of ether oxygens (including phenoxy) is 1. The number of hydrogen-bond acceptors (Lipinski definition) is 2. The molecule has 0 aromatic rings. The fraction of sp³-hybridized carbons (Fsp3) is 0.929. The van der Waals surface area contributed by atoms with Gasteiger partial charge in [-0.1, -0.05) is 27.2 Å². The van der Waals surface area contributed by atoms with Gasteiger partial charge in [-0.15, -0.1) is 0 Å². The van der Waals surface area contributed by atoms with Crippen LogP contribution in [0, 0.1) is 5.41 Å². The van der Waals surface area contributed by atoms with Crippen molar-refractivity contribution in [3.63, 3.8) is 0 Å². The van der Waals surface area contributed by atoms with Gasteiger partial charge in [0.1, 0.15) is 0 Å². The van der Waals surface area contributed by atoms with Crippen LogP contribution in [0.5, 0.6) is 0 Å². The van der Waals surface area contributed by atoms with Crippen LogP contribution < -0.4 is 11.1 Å². The Kier molecular flexibility index (Phi) is 9.74. The summed E-state index contributed by atoms with van der Waals surface area (Å²) in [4.78, 5) is 4.25. The van der Waals surface area contributed by atoms with Crippen LogP contribution in [-0.4, -0.2) is 32.3 Å². The SMILES string of the molecule is CCOCCCN=C(N)NCCCCC(C)(C)C. The topological polar surface area (TPSA) is 59.6 Å². The third kappa shape index (κ3) is 13.3. The van der Waals surface area contributed by atoms with E-state index in [1.807, 2.05) is 6.92 Å². The van der Waals surface area contributed by atoms with Gasteiger partial charge in [0.25, 0.3) is 0 Å². The summed E-state index contributed by atoms with van der Waals surface area (Å²) in [5.74, 6) is 0.558. The molecular formula is C14H31N3O. The zero-order valence-corrected chi connectivity index (χ0v) is 12.6. The highest BCUT2D eigenvalue weighted by atomic mass is 16.5. The van der Waals surface area contributed by atoms with Crippen LogP contribution in [0.25, 0.3) is 0 Å². The average Bonchev–Trinajstić information content (AvgIpc) is 2.27. The first-order chi connectivity index (χ1) is 8.45. The number of guanidine groups is 1. The van der Waals surface area contributed by atoms with E-state index in [-0.39, 0.29) is 0 Å². The number of hydrogen-bond donors (Lipinski definition) is 2. The van der Waals surface area contributed by atoms with Crippen molar-refractivity contribution < 1.29 is 4.74 Å². The van der Waals surface area contributed by atoms with Crippen LogP contribution in [0.1, 0.15) is 53.4 Å². The first kappa shape index (κ1) is 17.2. The maximum atomic E-state index is 5.75. The summed E-state index contributed by atoms with van der Waals surface area (Å²) < 4.78 is 5.23. The zero-order valence-electron chi connectivity index (χ0n) is 12.6. The normalized spacial score (nSPS) is 12.8. The quantitative estimate of drug-likeness (QED) is 0.379. The summed E-state index contributed by atoms with van der Waals surface area (Å²) in [7, 11) is 0. The molecule has 0 heterocycles. The Balaban J connectivity index is 3.40. The van der Waals surface area contributed by atoms with Gasteiger partial charge >= 0.3 is 0 Å². The van der Waals surface area contributed by atoms with Gasteiger partial charge in [-0.05, 0) is 31.6 Å². The summed E-state index contributed by atoms with van der Waals surface area (Å²) in [6.45, 7) is 12.0. The maximum absolute atomic E-state index is 5.75. The highest BCUT2D eigenvalue weighted by molar-refractivity contribution is 5.77. The highest BCUT2D eigenvalue weighted by Gasteiger charge is 2.08. The molecule has 0 aliphatic carbocycles. The lowest BCUT2D eigenvalue weighted by Crippen LogP contribution is -2.32. The minimum atomic E-state index is 0.429. The van der Waals surface area contributed by atoms with Gasteiger partial charge in [0.15, 0.2) is 5.96 Å². The van der Waals surface area contributed by atoms with E-state index in [4.69, 9.17) is 10.5 Å². The Morgan fingerprint density at radius 3 is 2.56 bits per heavy atom. The first-order valence-electron chi connectivity index (χ1n) is 7.07. The van der Waals surface area contributed by atoms with Gasteiger partial charge < -0.3 is 15.8 Å². The summed E-state index contributed by atoms with van der Waals surface area (Å²) in [5, 5.41) is 3.15. The molecule has 4 heteroatoms. The molecule has 0 aromatic heterocycles. The largest absolute Gasteiger partial charge is 0.382 e. The van der Waals surface area contributed by atoms with Crippen molar-refractivity contribution in [2.75, 3.05) is 26.3 Å². The van der Waals surface area contributed by atoms with E-state index in [0.717, 1.165) is 39.1 Å². The number of aliphatic imine (C=N–C) groups is 1. The number of nitrogens with one attached hydrogen (secondary N) is 1. The molecule has 0 amide bonds. The molecule has 0 spiro atoms. The number of nitrogens with zero attached hydrogens (tertiary/aromatic N) is 1. The van der Waals surface area contributed by atoms with Gasteiger partial charge in [0.2, 0.25) is 0 Å². The molecule has 0 radical (unpaired) electrons. The molecule has 0 saturated heterocycles. The Morgan fingerprint density at radius 1 is 1.22 bits per heavy atom. The van der Waals surface area contributed by atoms with E-state index in [1.54, 1.807) is 0 Å². The van der Waals surface area contributed by atoms with Crippen molar-refractivity contribution in [1.82, 2.24) is 5.32 Å². The van der Waals surface area contributed by atoms with Crippen LogP contribution in [-0.2, 0) is 4.74 Å². The Morgan fingerprint density at radius 2 is 1.94 bits per heavy atom. The van der Waals surface area contributed by atoms with Gasteiger partial charge in [-0.2, -0.15) is 0 Å². The van der Waals surface area contributed by atoms with Crippen LogP contribution in [0.2, 0.25) is 0 Å². The van der Waals surface area contributed by atoms with Crippen LogP contribution in [0.15, 0.2) is 4.99 Å². The third-order valence-electron chi connectivity index (χ3n) is 2.59. The summed E-state index contributed by atoms with van der Waals surface area (Å²) >= 11 is 0. The van der Waals surface area contributed by atoms with E-state index in [1.165, 1.54) is 12.8 Å². The van der Waals surface area contributed by atoms with E-state index < -0.39 is 0 Å². The molecule has 0 aliphatic rings. The van der Waals surface area contributed by atoms with Crippen molar-refractivity contribution in [1.29, 1.82) is 0 Å². The number of rotatable bonds is 9. The monoisotopic (exact) mass is 257 g/mol. The average molecular weight is 257 g/mol. The lowest BCUT2D eigenvalue weighted by Gasteiger charge is -2.17. The number of nitrogens with two attached hydrogens (primary N) is 1. The Labute approximate surface area is 112 Å². The standard InChI is InChI=1S/C14H31N3O/c1-5-18-12-8-11-17-13(15)16-10-7-6-9-14(2,3)4/h5-12H2,1-4H3,(H3,15,16,17). The molecule has 0 rings (SSSR count). The highest BCUT2D eigenvalue weighted by Crippen LogP contribution is 2.20. The Hall–Kier alpha value is -0.770. The van der Waals surface area contributed by atoms with Crippen molar-refractivity contribution in [2.45, 2.75) is 53.4 Å². The zero-order chi connectivity index (χ0) is 13.9. The molecule has 0 aliphatic heterocycles. The van der Waals surface area contributed by atoms with Crippen molar-refractivity contribution in [2.24, 2.45) is 16.1 Å². The van der Waals surface area contributed by atoms with Gasteiger partial charge in [-0.25, -0.2) is 0 Å². The predicted octanol–water partition coefficient (Wildman–Crippen LogP) is 2.53. The molecule has 0 unspecified atom stereocenters. The molecule has 3 N–H and O–H groups in total. The van der Waals surface area contributed by atoms with E-state index in [9.17, 15) is 0 Å². The van der Waals surface area contributed by atoms with Crippen LogP contribution in [0.3, 0.4) is 0 Å². The second kappa shape index (κ2) is 10.2. The number of unbranched alkanes of at least 4 members (excludes halogenated alkanes) is 1. The lowest BCUT2D eigenvalue weighted by atomic mass is 9.90. The van der Waals surface area contributed by atoms with Crippen LogP contribution in [0.4, 0.5) is 0 Å². The maximum Gasteiger partial charge on any atom is 0.188 e. The smallest absolute Gasteiger partial charge is 0.188 e. The second-order valence-electron chi connectivity index (χ2n) is 5.76. The van der Waals surface area contributed by atoms with Gasteiger partial charge in [0, 0.05) is 26.3 Å². The molecule has 108 valence electrons. The van der Waals surface area contributed by atoms with Gasteiger partial charge in [-0.3, -0.25) is 4.99 Å². The second-order valence-corrected chi connectivity index (χ2v) is 5.76. The summed E-state index contributed by atoms with van der Waals surface area (Å²) in [6, 6.07) is 0. The minimum absolute atomic E-state index is 0.429. The van der Waals surface area contributed by atoms with Crippen molar-refractivity contribution in [3.8, 4) is 0 Å². The predicted molar refractivity (Wildman–Crippen MR) is 78.9 cm³/mol. The van der Waals surface area contributed by atoms with Gasteiger partial charge in [0.05, 0.1) is 0 Å². The van der Waals surface area contributed by atoms with E-state index >= 15 is 0 Å². The molecule has 18 heavy (non-hydrogen) atoms. The molecule has 0 aromatic carbocycles. The first-order valence-corrected chi connectivity index (χ1v) is 7.07. The minimum Gasteiger partial charge on any atom is -0.382 e. The molecule has 4 nitrogen and oxygen atoms in total. The van der Waals surface area contributed by atoms with Crippen molar-refractivity contribution >= 4 is 5.96 Å². The van der Waals surface area contributed by atoms with Crippen molar-refractivity contribution in [3.05, 3.63) is 0 Å². The molecule has 0 bridgehead atoms. The van der Waals surface area contributed by atoms with Crippen LogP contribution >= 0.6 is 0 Å². The summed E-state index contributed by atoms with van der Waals surface area (Å²) in [6.07, 6.45) is 4.56.